The van der Waals surface area contributed by atoms with Gasteiger partial charge in [0, 0.05) is 10.0 Å². The fraction of sp³-hybridized carbons (Fsp3) is 0.174. The number of hydrogen-bond donors (Lipinski definition) is 2. The molecule has 0 aliphatic carbocycles. The van der Waals surface area contributed by atoms with Gasteiger partial charge in [-0.1, -0.05) is 59.1 Å². The largest absolute Gasteiger partial charge is 0.489 e. The molecule has 3 aromatic carbocycles. The van der Waals surface area contributed by atoms with Crippen molar-refractivity contribution in [2.45, 2.75) is 19.2 Å². The van der Waals surface area contributed by atoms with Crippen molar-refractivity contribution in [3.8, 4) is 5.75 Å². The number of aromatic nitrogens is 2. The van der Waals surface area contributed by atoms with E-state index >= 15 is 0 Å². The van der Waals surface area contributed by atoms with Crippen LogP contribution in [0.25, 0.3) is 11.0 Å². The Morgan fingerprint density at radius 1 is 0.871 bits per heavy atom. The Bertz CT molecular complexity index is 1270. The van der Waals surface area contributed by atoms with E-state index in [9.17, 15) is 5.11 Å². The summed E-state index contributed by atoms with van der Waals surface area (Å²) < 4.78 is 9.34. The highest BCUT2D eigenvalue weighted by Gasteiger charge is 2.15. The maximum Gasteiger partial charge on any atom is 0.203 e. The number of para-hydroxylation sites is 2. The third kappa shape index (κ3) is 4.91. The van der Waals surface area contributed by atoms with Crippen LogP contribution in [0.15, 0.2) is 66.7 Å². The quantitative estimate of drug-likeness (QED) is 0.377. The molecule has 0 radical (unpaired) electrons. The average molecular weight is 477 g/mol. The first-order valence-corrected chi connectivity index (χ1v) is 10.8. The van der Waals surface area contributed by atoms with Crippen molar-refractivity contribution in [3.05, 3.63) is 93.0 Å². The topological polar surface area (TPSA) is 63.2 Å². The smallest absolute Gasteiger partial charge is 0.203 e. The Balaban J connectivity index is 1.56. The van der Waals surface area contributed by atoms with E-state index in [1.165, 1.54) is 0 Å². The number of nitrogens with one attached hydrogen (secondary N) is 1. The molecule has 31 heavy (non-hydrogen) atoms. The Kier molecular flexibility index (Phi) is 6.58. The lowest BCUT2D eigenvalue weighted by Gasteiger charge is -2.14. The first-order chi connectivity index (χ1) is 14.9. The van der Waals surface area contributed by atoms with Crippen LogP contribution < -0.4 is 10.4 Å². The number of imidazole rings is 1. The lowest BCUT2D eigenvalue weighted by molar-refractivity contribution is 0.0921. The minimum Gasteiger partial charge on any atom is -0.489 e. The number of fused-ring (bicyclic) bond motifs is 1. The van der Waals surface area contributed by atoms with Gasteiger partial charge in [0.05, 0.1) is 29.1 Å². The zero-order valence-electron chi connectivity index (χ0n) is 16.4. The van der Waals surface area contributed by atoms with Crippen LogP contribution in [0.3, 0.4) is 0 Å². The summed E-state index contributed by atoms with van der Waals surface area (Å²) in [5.74, 6) is 0.450. The van der Waals surface area contributed by atoms with E-state index in [1.807, 2.05) is 53.1 Å². The molecule has 4 aromatic rings. The van der Waals surface area contributed by atoms with Crippen LogP contribution in [0, 0.1) is 5.41 Å². The van der Waals surface area contributed by atoms with Gasteiger partial charge in [-0.15, -0.1) is 0 Å². The number of aliphatic hydroxyl groups is 1. The summed E-state index contributed by atoms with van der Waals surface area (Å²) in [5.41, 5.74) is 3.10. The van der Waals surface area contributed by atoms with Gasteiger partial charge < -0.3 is 19.0 Å². The molecule has 0 fully saturated rings. The molecule has 2 N–H and O–H groups in total. The van der Waals surface area contributed by atoms with E-state index in [0.717, 1.165) is 16.6 Å². The molecule has 0 bridgehead atoms. The maximum atomic E-state index is 10.6. The molecule has 160 valence electrons. The highest BCUT2D eigenvalue weighted by molar-refractivity contribution is 6.35. The number of halogens is 3. The van der Waals surface area contributed by atoms with Gasteiger partial charge in [0.1, 0.15) is 18.5 Å². The number of benzene rings is 3. The summed E-state index contributed by atoms with van der Waals surface area (Å²) in [7, 11) is 0. The van der Waals surface area contributed by atoms with Crippen molar-refractivity contribution in [2.75, 3.05) is 6.61 Å². The van der Waals surface area contributed by atoms with Gasteiger partial charge in [-0.3, -0.25) is 5.41 Å². The summed E-state index contributed by atoms with van der Waals surface area (Å²) in [5, 5.41) is 20.9. The van der Waals surface area contributed by atoms with Gasteiger partial charge in [-0.2, -0.15) is 0 Å². The molecule has 1 unspecified atom stereocenters. The van der Waals surface area contributed by atoms with E-state index in [-0.39, 0.29) is 13.2 Å². The second-order valence-corrected chi connectivity index (χ2v) is 8.46. The molecule has 4 rings (SSSR count). The van der Waals surface area contributed by atoms with Crippen LogP contribution in [0.1, 0.15) is 5.56 Å². The predicted octanol–water partition coefficient (Wildman–Crippen LogP) is 5.37. The minimum absolute atomic E-state index is 0.0322. The lowest BCUT2D eigenvalue weighted by Crippen LogP contribution is -2.31. The van der Waals surface area contributed by atoms with Crippen molar-refractivity contribution >= 4 is 45.8 Å². The molecular weight excluding hydrogens is 457 g/mol. The predicted molar refractivity (Wildman–Crippen MR) is 124 cm³/mol. The maximum absolute atomic E-state index is 10.6. The number of aliphatic hydroxyl groups excluding tert-OH is 1. The molecule has 5 nitrogen and oxygen atoms in total. The molecule has 0 aliphatic heterocycles. The summed E-state index contributed by atoms with van der Waals surface area (Å²) in [6.45, 7) is 0.763. The average Bonchev–Trinajstić information content (AvgIpc) is 3.00. The van der Waals surface area contributed by atoms with E-state index in [1.54, 1.807) is 22.8 Å². The van der Waals surface area contributed by atoms with Crippen LogP contribution in [0.5, 0.6) is 5.75 Å². The highest BCUT2D eigenvalue weighted by atomic mass is 35.5. The van der Waals surface area contributed by atoms with Crippen LogP contribution in [-0.4, -0.2) is 27.0 Å². The standard InChI is InChI=1S/C23H20Cl3N3O2/c24-16-7-5-15(6-8-16)12-28-20-3-1-2-4-21(20)29(23(28)27)13-18(30)14-31-22-10-9-17(25)11-19(22)26/h1-11,18,27,30H,12-14H2. The van der Waals surface area contributed by atoms with E-state index in [4.69, 9.17) is 44.9 Å². The zero-order chi connectivity index (χ0) is 22.0. The first-order valence-electron chi connectivity index (χ1n) is 9.65. The molecule has 1 aromatic heterocycles. The van der Waals surface area contributed by atoms with Crippen LogP contribution >= 0.6 is 34.8 Å². The lowest BCUT2D eigenvalue weighted by atomic mass is 10.2. The van der Waals surface area contributed by atoms with Gasteiger partial charge in [0.2, 0.25) is 5.62 Å². The SMILES string of the molecule is N=c1n(Cc2ccc(Cl)cc2)c2ccccc2n1CC(O)COc1ccc(Cl)cc1Cl. The van der Waals surface area contributed by atoms with Crippen LogP contribution in [-0.2, 0) is 13.1 Å². The Morgan fingerprint density at radius 3 is 2.19 bits per heavy atom. The summed E-state index contributed by atoms with van der Waals surface area (Å²) in [4.78, 5) is 0. The monoisotopic (exact) mass is 475 g/mol. The van der Waals surface area contributed by atoms with E-state index in [2.05, 4.69) is 0 Å². The normalized spacial score (nSPS) is 12.3. The van der Waals surface area contributed by atoms with Crippen molar-refractivity contribution in [1.29, 1.82) is 5.41 Å². The number of hydrogen-bond acceptors (Lipinski definition) is 3. The molecule has 8 heteroatoms. The van der Waals surface area contributed by atoms with Crippen molar-refractivity contribution < 1.29 is 9.84 Å². The van der Waals surface area contributed by atoms with Crippen molar-refractivity contribution in [2.24, 2.45) is 0 Å². The summed E-state index contributed by atoms with van der Waals surface area (Å²) in [6.07, 6.45) is -0.837. The highest BCUT2D eigenvalue weighted by Crippen LogP contribution is 2.27. The van der Waals surface area contributed by atoms with Gasteiger partial charge in [-0.05, 0) is 48.0 Å². The summed E-state index contributed by atoms with van der Waals surface area (Å²) >= 11 is 18.0. The third-order valence-corrected chi connectivity index (χ3v) is 5.73. The summed E-state index contributed by atoms with van der Waals surface area (Å²) in [6, 6.07) is 20.3. The molecule has 1 heterocycles. The van der Waals surface area contributed by atoms with Gasteiger partial charge >= 0.3 is 0 Å². The number of nitrogens with zero attached hydrogens (tertiary/aromatic N) is 2. The van der Waals surface area contributed by atoms with E-state index in [0.29, 0.717) is 33.0 Å². The van der Waals surface area contributed by atoms with Crippen LogP contribution in [0.2, 0.25) is 15.1 Å². The second kappa shape index (κ2) is 9.37. The molecule has 0 saturated carbocycles. The fourth-order valence-corrected chi connectivity index (χ4v) is 4.04. The molecule has 0 amide bonds. The molecular formula is C23H20Cl3N3O2. The van der Waals surface area contributed by atoms with Gasteiger partial charge in [0.15, 0.2) is 0 Å². The minimum atomic E-state index is -0.837. The number of rotatable bonds is 7. The Hall–Kier alpha value is -2.44. The fourth-order valence-electron chi connectivity index (χ4n) is 3.45. The van der Waals surface area contributed by atoms with E-state index < -0.39 is 6.10 Å². The molecule has 1 atom stereocenters. The third-order valence-electron chi connectivity index (χ3n) is 4.95. The second-order valence-electron chi connectivity index (χ2n) is 7.18. The van der Waals surface area contributed by atoms with Gasteiger partial charge in [-0.25, -0.2) is 0 Å². The zero-order valence-corrected chi connectivity index (χ0v) is 18.7. The van der Waals surface area contributed by atoms with Crippen molar-refractivity contribution in [3.63, 3.8) is 0 Å². The van der Waals surface area contributed by atoms with Crippen LogP contribution in [0.4, 0.5) is 0 Å². The molecule has 0 saturated heterocycles. The Labute approximate surface area is 194 Å². The Morgan fingerprint density at radius 2 is 1.52 bits per heavy atom. The number of ether oxygens (including phenoxy) is 1. The first kappa shape index (κ1) is 21.8. The molecule has 0 aliphatic rings. The van der Waals surface area contributed by atoms with Crippen molar-refractivity contribution in [1.82, 2.24) is 9.13 Å². The molecule has 0 spiro atoms. The van der Waals surface area contributed by atoms with Gasteiger partial charge in [0.25, 0.3) is 0 Å².